The molecular formula is C18H27N3O5. The molecule has 2 amide bonds. The molecule has 2 fully saturated rings. The van der Waals surface area contributed by atoms with Crippen molar-refractivity contribution in [1.82, 2.24) is 10.2 Å². The third kappa shape index (κ3) is 3.78. The molecule has 3 rings (SSSR count). The van der Waals surface area contributed by atoms with E-state index in [0.29, 0.717) is 18.0 Å². The number of hydrogen-bond acceptors (Lipinski definition) is 6. The Morgan fingerprint density at radius 3 is 2.85 bits per heavy atom. The van der Waals surface area contributed by atoms with E-state index in [2.05, 4.69) is 15.5 Å². The van der Waals surface area contributed by atoms with Gasteiger partial charge in [-0.05, 0) is 25.2 Å². The molecule has 3 N–H and O–H groups in total. The number of aliphatic hydroxyl groups excluding tert-OH is 1. The number of hydrogen-bond donors (Lipinski definition) is 3. The fourth-order valence-electron chi connectivity index (χ4n) is 3.63. The molecule has 0 saturated carbocycles. The first kappa shape index (κ1) is 18.9. The van der Waals surface area contributed by atoms with Gasteiger partial charge in [-0.2, -0.15) is 0 Å². The Labute approximate surface area is 153 Å². The number of amides is 2. The monoisotopic (exact) mass is 365 g/mol. The maximum absolute atomic E-state index is 12.4. The molecule has 144 valence electrons. The first-order valence-electron chi connectivity index (χ1n) is 8.98. The molecule has 2 saturated heterocycles. The van der Waals surface area contributed by atoms with Crippen molar-refractivity contribution in [3.63, 3.8) is 0 Å². The zero-order valence-corrected chi connectivity index (χ0v) is 15.3. The lowest BCUT2D eigenvalue weighted by Gasteiger charge is -2.43. The summed E-state index contributed by atoms with van der Waals surface area (Å²) in [6.45, 7) is 5.91. The van der Waals surface area contributed by atoms with Gasteiger partial charge in [0.05, 0.1) is 31.9 Å². The maximum atomic E-state index is 12.4. The van der Waals surface area contributed by atoms with Crippen LogP contribution in [-0.4, -0.2) is 73.4 Å². The molecule has 1 aromatic carbocycles. The van der Waals surface area contributed by atoms with Crippen molar-refractivity contribution in [2.45, 2.75) is 44.4 Å². The number of benzene rings is 1. The molecule has 0 spiro atoms. The van der Waals surface area contributed by atoms with Gasteiger partial charge in [-0.3, -0.25) is 4.90 Å². The second-order valence-corrected chi connectivity index (χ2v) is 6.43. The van der Waals surface area contributed by atoms with Crippen molar-refractivity contribution in [3.05, 3.63) is 24.3 Å². The number of ether oxygens (including phenoxy) is 3. The molecule has 2 aliphatic heterocycles. The van der Waals surface area contributed by atoms with E-state index in [9.17, 15) is 9.90 Å². The first-order chi connectivity index (χ1) is 12.6. The molecule has 0 aromatic heterocycles. The second kappa shape index (κ2) is 8.22. The lowest BCUT2D eigenvalue weighted by molar-refractivity contribution is -0.179. The highest BCUT2D eigenvalue weighted by molar-refractivity contribution is 5.89. The van der Waals surface area contributed by atoms with Gasteiger partial charge in [0.25, 0.3) is 0 Å². The minimum Gasteiger partial charge on any atom is -0.497 e. The Bertz CT molecular complexity index is 623. The molecule has 1 aromatic rings. The van der Waals surface area contributed by atoms with Gasteiger partial charge in [0.1, 0.15) is 11.9 Å². The predicted molar refractivity (Wildman–Crippen MR) is 96.3 cm³/mol. The van der Waals surface area contributed by atoms with Crippen LogP contribution in [0.3, 0.4) is 0 Å². The molecule has 0 aliphatic carbocycles. The number of carbonyl (C=O) groups is 1. The molecule has 8 heteroatoms. The van der Waals surface area contributed by atoms with Gasteiger partial charge < -0.3 is 30.0 Å². The third-order valence-corrected chi connectivity index (χ3v) is 4.99. The summed E-state index contributed by atoms with van der Waals surface area (Å²) in [4.78, 5) is 14.5. The molecule has 5 atom stereocenters. The molecule has 2 bridgehead atoms. The summed E-state index contributed by atoms with van der Waals surface area (Å²) in [6.07, 6.45) is -1.61. The number of rotatable bonds is 6. The lowest BCUT2D eigenvalue weighted by Crippen LogP contribution is -2.65. The Kier molecular flexibility index (Phi) is 5.98. The zero-order valence-electron chi connectivity index (χ0n) is 15.3. The summed E-state index contributed by atoms with van der Waals surface area (Å²) >= 11 is 0. The van der Waals surface area contributed by atoms with Crippen LogP contribution in [0, 0.1) is 0 Å². The lowest BCUT2D eigenvalue weighted by atomic mass is 9.95. The number of methoxy groups -OCH3 is 1. The standard InChI is InChI=1S/C18H27N3O5/c1-4-21(5-2)15-16(22)14(13-10-25-17(15)26-13)20-18(23)19-11-7-6-8-12(9-11)24-3/h6-9,13-17,22H,4-5,10H2,1-3H3,(H2,19,20,23)/t13-,14+,15-,16-,17+/m0/s1. The molecule has 2 heterocycles. The van der Waals surface area contributed by atoms with Crippen molar-refractivity contribution < 1.29 is 24.1 Å². The Morgan fingerprint density at radius 1 is 1.38 bits per heavy atom. The molecule has 8 nitrogen and oxygen atoms in total. The van der Waals surface area contributed by atoms with Crippen LogP contribution in [0.2, 0.25) is 0 Å². The molecule has 0 radical (unpaired) electrons. The number of urea groups is 1. The highest BCUT2D eigenvalue weighted by Crippen LogP contribution is 2.31. The fraction of sp³-hybridized carbons (Fsp3) is 0.611. The summed E-state index contributed by atoms with van der Waals surface area (Å²) in [5, 5.41) is 16.5. The van der Waals surface area contributed by atoms with E-state index in [1.807, 2.05) is 13.8 Å². The van der Waals surface area contributed by atoms with Crippen LogP contribution in [0.1, 0.15) is 13.8 Å². The van der Waals surface area contributed by atoms with E-state index in [4.69, 9.17) is 14.2 Å². The van der Waals surface area contributed by atoms with Crippen LogP contribution in [0.25, 0.3) is 0 Å². The van der Waals surface area contributed by atoms with E-state index in [0.717, 1.165) is 13.1 Å². The molecular weight excluding hydrogens is 338 g/mol. The van der Waals surface area contributed by atoms with Crippen LogP contribution in [0.15, 0.2) is 24.3 Å². The van der Waals surface area contributed by atoms with Crippen molar-refractivity contribution in [2.75, 3.05) is 32.1 Å². The van der Waals surface area contributed by atoms with Crippen LogP contribution in [-0.2, 0) is 9.47 Å². The smallest absolute Gasteiger partial charge is 0.319 e. The number of carbonyl (C=O) groups excluding carboxylic acids is 1. The molecule has 26 heavy (non-hydrogen) atoms. The summed E-state index contributed by atoms with van der Waals surface area (Å²) in [7, 11) is 1.57. The van der Waals surface area contributed by atoms with Crippen LogP contribution in [0.5, 0.6) is 5.75 Å². The Balaban J connectivity index is 1.68. The van der Waals surface area contributed by atoms with Crippen LogP contribution < -0.4 is 15.4 Å². The van der Waals surface area contributed by atoms with Gasteiger partial charge >= 0.3 is 6.03 Å². The minimum absolute atomic E-state index is 0.314. The number of fused-ring (bicyclic) bond motifs is 2. The Hall–Kier alpha value is -1.87. The molecule has 0 unspecified atom stereocenters. The van der Waals surface area contributed by atoms with Crippen molar-refractivity contribution in [1.29, 1.82) is 0 Å². The van der Waals surface area contributed by atoms with Crippen LogP contribution >= 0.6 is 0 Å². The van der Waals surface area contributed by atoms with Gasteiger partial charge in [0, 0.05) is 11.8 Å². The second-order valence-electron chi connectivity index (χ2n) is 6.43. The fourth-order valence-corrected chi connectivity index (χ4v) is 3.63. The molecule has 2 aliphatic rings. The van der Waals surface area contributed by atoms with Crippen molar-refractivity contribution >= 4 is 11.7 Å². The van der Waals surface area contributed by atoms with E-state index < -0.39 is 24.5 Å². The normalized spacial score (nSPS) is 30.3. The Morgan fingerprint density at radius 2 is 2.15 bits per heavy atom. The number of aliphatic hydroxyl groups is 1. The number of likely N-dealkylation sites (N-methyl/N-ethyl adjacent to an activating group) is 1. The summed E-state index contributed by atoms with van der Waals surface area (Å²) in [5.74, 6) is 0.650. The van der Waals surface area contributed by atoms with Crippen molar-refractivity contribution in [2.24, 2.45) is 0 Å². The third-order valence-electron chi connectivity index (χ3n) is 4.99. The summed E-state index contributed by atoms with van der Waals surface area (Å²) in [5.41, 5.74) is 0.605. The van der Waals surface area contributed by atoms with Gasteiger partial charge in [-0.25, -0.2) is 4.79 Å². The number of anilines is 1. The van der Waals surface area contributed by atoms with E-state index in [-0.39, 0.29) is 12.1 Å². The van der Waals surface area contributed by atoms with Gasteiger partial charge in [-0.1, -0.05) is 19.9 Å². The first-order valence-corrected chi connectivity index (χ1v) is 8.98. The van der Waals surface area contributed by atoms with E-state index >= 15 is 0 Å². The maximum Gasteiger partial charge on any atom is 0.319 e. The summed E-state index contributed by atoms with van der Waals surface area (Å²) in [6, 6.07) is 5.81. The largest absolute Gasteiger partial charge is 0.497 e. The minimum atomic E-state index is -0.780. The summed E-state index contributed by atoms with van der Waals surface area (Å²) < 4.78 is 16.7. The average molecular weight is 365 g/mol. The van der Waals surface area contributed by atoms with Crippen molar-refractivity contribution in [3.8, 4) is 5.75 Å². The quantitative estimate of drug-likeness (QED) is 0.697. The highest BCUT2D eigenvalue weighted by atomic mass is 16.7. The number of nitrogens with one attached hydrogen (secondary N) is 2. The van der Waals surface area contributed by atoms with Gasteiger partial charge in [0.15, 0.2) is 6.29 Å². The van der Waals surface area contributed by atoms with Gasteiger partial charge in [-0.15, -0.1) is 0 Å². The average Bonchev–Trinajstić information content (AvgIpc) is 3.08. The SMILES string of the molecule is CCN(CC)[C@@H]1[C@@H]2OC[C@H](O2)[C@@H](NC(=O)Nc2cccc(OC)c2)[C@@H]1O. The van der Waals surface area contributed by atoms with E-state index in [1.54, 1.807) is 31.4 Å². The topological polar surface area (TPSA) is 92.3 Å². The predicted octanol–water partition coefficient (Wildman–Crippen LogP) is 1.01. The number of nitrogens with zero attached hydrogens (tertiary/aromatic N) is 1. The zero-order chi connectivity index (χ0) is 18.7. The van der Waals surface area contributed by atoms with E-state index in [1.165, 1.54) is 0 Å². The highest BCUT2D eigenvalue weighted by Gasteiger charge is 2.52. The van der Waals surface area contributed by atoms with Gasteiger partial charge in [0.2, 0.25) is 0 Å². The van der Waals surface area contributed by atoms with Crippen LogP contribution in [0.4, 0.5) is 10.5 Å².